The standard InChI is InChI=1S/C8H9ClN2O2/c9-6-13-7-11-4-2-1-3-8(11)5-10-12/h1-5H,6-7H2/p+1/i4T. The predicted molar refractivity (Wildman–Crippen MR) is 47.8 cm³/mol. The smallest absolute Gasteiger partial charge is 0.254 e. The molecule has 4 nitrogen and oxygen atoms in total. The van der Waals surface area contributed by atoms with E-state index in [0.717, 1.165) is 0 Å². The van der Waals surface area contributed by atoms with Gasteiger partial charge in [0.1, 0.15) is 13.7 Å². The summed E-state index contributed by atoms with van der Waals surface area (Å²) in [5.41, 5.74) is 0.574. The molecule has 0 fully saturated rings. The molecule has 5 heteroatoms. The summed E-state index contributed by atoms with van der Waals surface area (Å²) in [6.45, 7) is 0.157. The van der Waals surface area contributed by atoms with Crippen molar-refractivity contribution in [3.63, 3.8) is 0 Å². The second-order valence-corrected chi connectivity index (χ2v) is 2.41. The lowest BCUT2D eigenvalue weighted by Crippen LogP contribution is -2.39. The molecule has 0 saturated carbocycles. The first kappa shape index (κ1) is 8.47. The lowest BCUT2D eigenvalue weighted by Gasteiger charge is -1.97. The zero-order chi connectivity index (χ0) is 10.4. The van der Waals surface area contributed by atoms with Crippen molar-refractivity contribution in [1.82, 2.24) is 0 Å². The SMILES string of the molecule is [3H]c1cccc(/C=N\O)[n+]1COCCl. The van der Waals surface area contributed by atoms with Crippen molar-refractivity contribution in [2.24, 2.45) is 5.16 Å². The maximum absolute atomic E-state index is 8.39. The number of rotatable bonds is 4. The fourth-order valence-corrected chi connectivity index (χ4v) is 0.923. The highest BCUT2D eigenvalue weighted by Gasteiger charge is 2.05. The first-order valence-electron chi connectivity index (χ1n) is 4.10. The van der Waals surface area contributed by atoms with Gasteiger partial charge in [-0.1, -0.05) is 16.8 Å². The van der Waals surface area contributed by atoms with E-state index in [4.69, 9.17) is 22.9 Å². The van der Waals surface area contributed by atoms with E-state index in [0.29, 0.717) is 5.69 Å². The van der Waals surface area contributed by atoms with Crippen molar-refractivity contribution < 1.29 is 15.9 Å². The van der Waals surface area contributed by atoms with E-state index in [1.807, 2.05) is 0 Å². The van der Waals surface area contributed by atoms with Crippen molar-refractivity contribution in [3.8, 4) is 0 Å². The van der Waals surface area contributed by atoms with Gasteiger partial charge in [0.05, 0.1) is 0 Å². The van der Waals surface area contributed by atoms with Crippen LogP contribution in [0.3, 0.4) is 0 Å². The molecule has 0 amide bonds. The van der Waals surface area contributed by atoms with E-state index >= 15 is 0 Å². The molecular weight excluding hydrogens is 192 g/mol. The summed E-state index contributed by atoms with van der Waals surface area (Å²) in [5, 5.41) is 11.3. The van der Waals surface area contributed by atoms with E-state index in [9.17, 15) is 0 Å². The molecule has 0 spiro atoms. The molecule has 1 heterocycles. The molecule has 0 aromatic carbocycles. The average Bonchev–Trinajstić information content (AvgIpc) is 2.18. The highest BCUT2D eigenvalue weighted by molar-refractivity contribution is 6.17. The molecule has 0 aliphatic heterocycles. The number of halogens is 1. The summed E-state index contributed by atoms with van der Waals surface area (Å²) in [4.78, 5) is 0. The van der Waals surface area contributed by atoms with Gasteiger partial charge in [0.25, 0.3) is 6.73 Å². The number of hydrogen-bond donors (Lipinski definition) is 1. The third-order valence-corrected chi connectivity index (χ3v) is 1.55. The third-order valence-electron chi connectivity index (χ3n) is 1.39. The molecule has 0 aliphatic rings. The van der Waals surface area contributed by atoms with Gasteiger partial charge in [-0.25, -0.2) is 0 Å². The molecule has 0 aliphatic carbocycles. The fourth-order valence-electron chi connectivity index (χ4n) is 0.854. The minimum Gasteiger partial charge on any atom is -0.411 e. The van der Waals surface area contributed by atoms with Crippen LogP contribution in [0.25, 0.3) is 0 Å². The summed E-state index contributed by atoms with van der Waals surface area (Å²) >= 11 is 5.35. The number of ether oxygens (including phenoxy) is 1. The summed E-state index contributed by atoms with van der Waals surface area (Å²) in [5.74, 6) is 0. The summed E-state index contributed by atoms with van der Waals surface area (Å²) in [6, 6.07) is 5.05. The Morgan fingerprint density at radius 1 is 1.77 bits per heavy atom. The monoisotopic (exact) mass is 203 g/mol. The molecule has 1 N–H and O–H groups in total. The molecule has 13 heavy (non-hydrogen) atoms. The summed E-state index contributed by atoms with van der Waals surface area (Å²) in [7, 11) is 0. The first-order chi connectivity index (χ1) is 6.79. The Hall–Kier alpha value is -1.13. The minimum absolute atomic E-state index is 0.0526. The van der Waals surface area contributed by atoms with Crippen LogP contribution in [-0.4, -0.2) is 17.5 Å². The fraction of sp³-hybridized carbons (Fsp3) is 0.250. The number of hydrogen-bond acceptors (Lipinski definition) is 3. The molecule has 0 unspecified atom stereocenters. The highest BCUT2D eigenvalue weighted by atomic mass is 35.5. The molecule has 0 saturated heterocycles. The Labute approximate surface area is 82.4 Å². The van der Waals surface area contributed by atoms with E-state index in [1.165, 1.54) is 10.8 Å². The number of alkyl halides is 1. The van der Waals surface area contributed by atoms with E-state index in [1.54, 1.807) is 18.2 Å². The molecule has 70 valence electrons. The van der Waals surface area contributed by atoms with Crippen molar-refractivity contribution in [2.75, 3.05) is 6.07 Å². The minimum atomic E-state index is 0.0526. The quantitative estimate of drug-likeness (QED) is 0.260. The number of pyridine rings is 1. The van der Waals surface area contributed by atoms with Crippen molar-refractivity contribution in [1.29, 1.82) is 0 Å². The second-order valence-electron chi connectivity index (χ2n) is 2.19. The highest BCUT2D eigenvalue weighted by Crippen LogP contribution is 1.88. The maximum Gasteiger partial charge on any atom is 0.254 e. The first-order valence-corrected chi connectivity index (χ1v) is 4.13. The summed E-state index contributed by atoms with van der Waals surface area (Å²) in [6.07, 6.45) is 1.49. The van der Waals surface area contributed by atoms with Crippen LogP contribution < -0.4 is 4.57 Å². The normalized spacial score (nSPS) is 11.9. The van der Waals surface area contributed by atoms with Crippen LogP contribution in [0.5, 0.6) is 0 Å². The van der Waals surface area contributed by atoms with Gasteiger partial charge in [0.15, 0.2) is 6.17 Å². The van der Waals surface area contributed by atoms with Crippen molar-refractivity contribution >= 4 is 17.8 Å². The van der Waals surface area contributed by atoms with Crippen LogP contribution in [0.2, 0.25) is 0 Å². The van der Waals surface area contributed by atoms with E-state index in [2.05, 4.69) is 5.16 Å². The molecule has 1 rings (SSSR count). The van der Waals surface area contributed by atoms with Gasteiger partial charge in [0.2, 0.25) is 5.69 Å². The van der Waals surface area contributed by atoms with E-state index < -0.39 is 0 Å². The molecule has 1 aromatic heterocycles. The Morgan fingerprint density at radius 2 is 2.62 bits per heavy atom. The van der Waals surface area contributed by atoms with E-state index in [-0.39, 0.29) is 19.0 Å². The van der Waals surface area contributed by atoms with Crippen molar-refractivity contribution in [2.45, 2.75) is 6.73 Å². The molecule has 0 radical (unpaired) electrons. The molecular formula is C8H10ClN2O2+. The predicted octanol–water partition coefficient (Wildman–Crippen LogP) is 0.953. The number of aromatic nitrogens is 1. The number of nitrogens with zero attached hydrogens (tertiary/aromatic N) is 2. The Balaban J connectivity index is 2.96. The van der Waals surface area contributed by atoms with Crippen molar-refractivity contribution in [3.05, 3.63) is 30.1 Å². The Morgan fingerprint density at radius 3 is 3.31 bits per heavy atom. The van der Waals surface area contributed by atoms with Gasteiger partial charge >= 0.3 is 0 Å². The second kappa shape index (κ2) is 5.50. The van der Waals surface area contributed by atoms with Crippen LogP contribution in [0.15, 0.2) is 29.5 Å². The van der Waals surface area contributed by atoms with Gasteiger partial charge in [-0.3, -0.25) is 0 Å². The zero-order valence-electron chi connectivity index (χ0n) is 7.85. The van der Waals surface area contributed by atoms with Gasteiger partial charge in [-0.2, -0.15) is 4.57 Å². The zero-order valence-corrected chi connectivity index (χ0v) is 7.61. The average molecular weight is 204 g/mol. The lowest BCUT2D eigenvalue weighted by molar-refractivity contribution is -0.732. The molecule has 1 aromatic rings. The molecule has 0 bridgehead atoms. The summed E-state index contributed by atoms with van der Waals surface area (Å²) < 4.78 is 14.0. The van der Waals surface area contributed by atoms with Crippen LogP contribution >= 0.6 is 11.6 Å². The Bertz CT molecular complexity index is 333. The largest absolute Gasteiger partial charge is 0.411 e. The van der Waals surface area contributed by atoms with Gasteiger partial charge in [0, 0.05) is 12.1 Å². The van der Waals surface area contributed by atoms with Crippen LogP contribution in [0.1, 0.15) is 7.06 Å². The maximum atomic E-state index is 8.39. The number of oxime groups is 1. The van der Waals surface area contributed by atoms with Crippen LogP contribution in [-0.2, 0) is 11.5 Å². The topological polar surface area (TPSA) is 45.7 Å². The third kappa shape index (κ3) is 3.01. The van der Waals surface area contributed by atoms with Crippen LogP contribution in [0, 0.1) is 0 Å². The Kier molecular flexibility index (Phi) is 3.59. The van der Waals surface area contributed by atoms with Gasteiger partial charge in [-0.05, 0) is 6.07 Å². The van der Waals surface area contributed by atoms with Crippen LogP contribution in [0.4, 0.5) is 0 Å². The van der Waals surface area contributed by atoms with Gasteiger partial charge in [-0.15, -0.1) is 0 Å². The lowest BCUT2D eigenvalue weighted by atomic mass is 10.3. The molecule has 0 atom stereocenters. The van der Waals surface area contributed by atoms with Gasteiger partial charge < -0.3 is 9.94 Å².